The van der Waals surface area contributed by atoms with Crippen molar-refractivity contribution in [2.24, 2.45) is 0 Å². The van der Waals surface area contributed by atoms with Gasteiger partial charge in [-0.3, -0.25) is 14.2 Å². The highest BCUT2D eigenvalue weighted by molar-refractivity contribution is 5.94. The lowest BCUT2D eigenvalue weighted by atomic mass is 10.3. The number of anilines is 4. The molecule has 3 N–H and O–H groups in total. The van der Waals surface area contributed by atoms with Gasteiger partial charge in [0, 0.05) is 31.8 Å². The van der Waals surface area contributed by atoms with E-state index >= 15 is 0 Å². The van der Waals surface area contributed by atoms with Gasteiger partial charge in [0.05, 0.1) is 13.3 Å². The van der Waals surface area contributed by atoms with Crippen molar-refractivity contribution in [1.29, 1.82) is 0 Å². The molecule has 4 aromatic heterocycles. The quantitative estimate of drug-likeness (QED) is 0.396. The lowest BCUT2D eigenvalue weighted by Crippen LogP contribution is -2.21. The van der Waals surface area contributed by atoms with E-state index in [0.717, 1.165) is 0 Å². The largest absolute Gasteiger partial charge is 0.480 e. The van der Waals surface area contributed by atoms with Crippen molar-refractivity contribution in [2.45, 2.75) is 13.3 Å². The van der Waals surface area contributed by atoms with Gasteiger partial charge in [-0.2, -0.15) is 9.61 Å². The van der Waals surface area contributed by atoms with Crippen LogP contribution >= 0.6 is 0 Å². The lowest BCUT2D eigenvalue weighted by molar-refractivity contribution is -0.115. The third-order valence-corrected chi connectivity index (χ3v) is 4.62. The minimum absolute atomic E-state index is 0.155. The third-order valence-electron chi connectivity index (χ3n) is 4.62. The van der Waals surface area contributed by atoms with E-state index < -0.39 is 0 Å². The molecule has 0 fully saturated rings. The van der Waals surface area contributed by atoms with Crippen molar-refractivity contribution in [1.82, 2.24) is 29.4 Å². The SMILES string of the molecule is CCC(=O)Nc1cnn2c(NC)cc(Nc3cccn(-c4ccc(OC)nn4)c3=O)nc12. The fourth-order valence-corrected chi connectivity index (χ4v) is 2.99. The summed E-state index contributed by atoms with van der Waals surface area (Å²) in [5.41, 5.74) is 0.838. The Morgan fingerprint density at radius 3 is 2.72 bits per heavy atom. The molecule has 0 unspecified atom stereocenters. The number of rotatable bonds is 7. The summed E-state index contributed by atoms with van der Waals surface area (Å²) in [6.45, 7) is 1.76. The molecule has 4 rings (SSSR count). The van der Waals surface area contributed by atoms with Crippen LogP contribution in [0.3, 0.4) is 0 Å². The van der Waals surface area contributed by atoms with Gasteiger partial charge in [-0.25, -0.2) is 4.98 Å². The van der Waals surface area contributed by atoms with E-state index in [2.05, 4.69) is 36.2 Å². The summed E-state index contributed by atoms with van der Waals surface area (Å²) in [6.07, 6.45) is 3.44. The third kappa shape index (κ3) is 3.93. The molecule has 0 aliphatic rings. The number of nitrogens with one attached hydrogen (secondary N) is 3. The van der Waals surface area contributed by atoms with Gasteiger partial charge in [-0.05, 0) is 18.2 Å². The van der Waals surface area contributed by atoms with Crippen molar-refractivity contribution in [3.8, 4) is 11.7 Å². The Kier molecular flexibility index (Phi) is 5.66. The smallest absolute Gasteiger partial charge is 0.280 e. The van der Waals surface area contributed by atoms with Gasteiger partial charge < -0.3 is 20.7 Å². The molecule has 0 atom stereocenters. The lowest BCUT2D eigenvalue weighted by Gasteiger charge is -2.11. The number of aromatic nitrogens is 6. The van der Waals surface area contributed by atoms with Crippen LogP contribution in [0.4, 0.5) is 23.0 Å². The van der Waals surface area contributed by atoms with E-state index in [4.69, 9.17) is 4.74 Å². The molecule has 0 radical (unpaired) electrons. The van der Waals surface area contributed by atoms with Gasteiger partial charge in [0.2, 0.25) is 11.8 Å². The molecule has 4 aromatic rings. The number of amides is 1. The predicted molar refractivity (Wildman–Crippen MR) is 119 cm³/mol. The summed E-state index contributed by atoms with van der Waals surface area (Å²) in [7, 11) is 3.23. The first kappa shape index (κ1) is 20.8. The molecule has 12 nitrogen and oxygen atoms in total. The maximum atomic E-state index is 13.0. The Hall–Kier alpha value is -4.48. The van der Waals surface area contributed by atoms with E-state index in [9.17, 15) is 9.59 Å². The van der Waals surface area contributed by atoms with Gasteiger partial charge in [0.1, 0.15) is 23.0 Å². The molecule has 0 saturated carbocycles. The number of carbonyl (C=O) groups is 1. The molecule has 32 heavy (non-hydrogen) atoms. The zero-order valence-corrected chi connectivity index (χ0v) is 17.7. The van der Waals surface area contributed by atoms with Gasteiger partial charge in [-0.15, -0.1) is 10.2 Å². The zero-order chi connectivity index (χ0) is 22.7. The highest BCUT2D eigenvalue weighted by Crippen LogP contribution is 2.23. The van der Waals surface area contributed by atoms with Crippen molar-refractivity contribution < 1.29 is 9.53 Å². The van der Waals surface area contributed by atoms with E-state index in [1.165, 1.54) is 17.9 Å². The predicted octanol–water partition coefficient (Wildman–Crippen LogP) is 1.81. The number of methoxy groups -OCH3 is 1. The number of carbonyl (C=O) groups excluding carboxylic acids is 1. The van der Waals surface area contributed by atoms with Gasteiger partial charge in [0.25, 0.3) is 5.56 Å². The number of ether oxygens (including phenoxy) is 1. The molecule has 1 amide bonds. The zero-order valence-electron chi connectivity index (χ0n) is 17.7. The Morgan fingerprint density at radius 2 is 2.03 bits per heavy atom. The minimum Gasteiger partial charge on any atom is -0.480 e. The Bertz CT molecular complexity index is 1330. The molecule has 0 aromatic carbocycles. The summed E-state index contributed by atoms with van der Waals surface area (Å²) in [5.74, 6) is 1.55. The van der Waals surface area contributed by atoms with Crippen LogP contribution in [-0.2, 0) is 4.79 Å². The number of hydrogen-bond donors (Lipinski definition) is 3. The molecule has 4 heterocycles. The maximum Gasteiger partial charge on any atom is 0.280 e. The maximum absolute atomic E-state index is 13.0. The van der Waals surface area contributed by atoms with Crippen molar-refractivity contribution in [2.75, 3.05) is 30.1 Å². The van der Waals surface area contributed by atoms with Crippen LogP contribution in [0.15, 0.2) is 47.5 Å². The first-order chi connectivity index (χ1) is 15.5. The van der Waals surface area contributed by atoms with E-state index in [1.807, 2.05) is 0 Å². The van der Waals surface area contributed by atoms with Crippen LogP contribution in [0.25, 0.3) is 11.5 Å². The van der Waals surface area contributed by atoms with E-state index in [-0.39, 0.29) is 17.2 Å². The van der Waals surface area contributed by atoms with Crippen LogP contribution < -0.4 is 26.2 Å². The molecule has 0 aliphatic carbocycles. The van der Waals surface area contributed by atoms with Gasteiger partial charge in [0.15, 0.2) is 11.5 Å². The second kappa shape index (κ2) is 8.71. The van der Waals surface area contributed by atoms with Gasteiger partial charge >= 0.3 is 0 Å². The second-order valence-electron chi connectivity index (χ2n) is 6.63. The molecular weight excluding hydrogens is 414 g/mol. The summed E-state index contributed by atoms with van der Waals surface area (Å²) >= 11 is 0. The Morgan fingerprint density at radius 1 is 1.19 bits per heavy atom. The first-order valence-electron chi connectivity index (χ1n) is 9.77. The monoisotopic (exact) mass is 435 g/mol. The summed E-state index contributed by atoms with van der Waals surface area (Å²) in [6, 6.07) is 8.30. The average molecular weight is 435 g/mol. The molecule has 164 valence electrons. The minimum atomic E-state index is -0.340. The van der Waals surface area contributed by atoms with Crippen LogP contribution in [0.1, 0.15) is 13.3 Å². The van der Waals surface area contributed by atoms with Crippen LogP contribution in [0, 0.1) is 0 Å². The molecule has 0 saturated heterocycles. The van der Waals surface area contributed by atoms with Crippen molar-refractivity contribution in [3.63, 3.8) is 0 Å². The molecule has 0 spiro atoms. The van der Waals surface area contributed by atoms with Crippen LogP contribution in [0.2, 0.25) is 0 Å². The number of hydrogen-bond acceptors (Lipinski definition) is 9. The fourth-order valence-electron chi connectivity index (χ4n) is 2.99. The van der Waals surface area contributed by atoms with E-state index in [0.29, 0.717) is 41.1 Å². The van der Waals surface area contributed by atoms with Gasteiger partial charge in [-0.1, -0.05) is 6.92 Å². The van der Waals surface area contributed by atoms with E-state index in [1.54, 1.807) is 55.0 Å². The van der Waals surface area contributed by atoms with Crippen LogP contribution in [0.5, 0.6) is 5.88 Å². The summed E-state index contributed by atoms with van der Waals surface area (Å²) in [5, 5.41) is 21.0. The second-order valence-corrected chi connectivity index (χ2v) is 6.63. The first-order valence-corrected chi connectivity index (χ1v) is 9.77. The highest BCUT2D eigenvalue weighted by Gasteiger charge is 2.14. The van der Waals surface area contributed by atoms with Crippen LogP contribution in [-0.4, -0.2) is 49.4 Å². The average Bonchev–Trinajstić information content (AvgIpc) is 3.22. The number of fused-ring (bicyclic) bond motifs is 1. The van der Waals surface area contributed by atoms with Crippen molar-refractivity contribution in [3.05, 3.63) is 53.1 Å². The molecule has 0 bridgehead atoms. The summed E-state index contributed by atoms with van der Waals surface area (Å²) in [4.78, 5) is 29.4. The standard InChI is InChI=1S/C20H21N9O3/c1-4-17(30)24-13-11-22-29-16(21-2)10-14(25-19(13)29)23-12-6-5-9-28(20(12)31)15-7-8-18(32-3)27-26-15/h5-11,21H,4H2,1-3H3,(H,23,25)(H,24,30). The Balaban J connectivity index is 1.72. The highest BCUT2D eigenvalue weighted by atomic mass is 16.5. The van der Waals surface area contributed by atoms with Crippen molar-refractivity contribution >= 4 is 34.6 Å². The normalized spacial score (nSPS) is 10.7. The number of nitrogens with zero attached hydrogens (tertiary/aromatic N) is 6. The molecule has 12 heteroatoms. The summed E-state index contributed by atoms with van der Waals surface area (Å²) < 4.78 is 7.93. The molecular formula is C20H21N9O3. The molecule has 0 aliphatic heterocycles. The number of pyridine rings is 1. The fraction of sp³-hybridized carbons (Fsp3) is 0.200. The Labute approximate surface area is 182 Å². The topological polar surface area (TPSA) is 140 Å².